The molecule has 1 aromatic rings. The van der Waals surface area contributed by atoms with Crippen molar-refractivity contribution in [2.45, 2.75) is 12.5 Å². The first-order valence-electron chi connectivity index (χ1n) is 3.82. The van der Waals surface area contributed by atoms with Gasteiger partial charge in [0.15, 0.2) is 0 Å². The Morgan fingerprint density at radius 2 is 2.08 bits per heavy atom. The summed E-state index contributed by atoms with van der Waals surface area (Å²) in [4.78, 5) is 0. The summed E-state index contributed by atoms with van der Waals surface area (Å²) in [5.74, 6) is 0.995. The van der Waals surface area contributed by atoms with Crippen LogP contribution in [-0.2, 0) is 6.42 Å². The van der Waals surface area contributed by atoms with Crippen LogP contribution in [0.5, 0.6) is 5.75 Å². The molecule has 3 heteroatoms. The van der Waals surface area contributed by atoms with Gasteiger partial charge >= 0.3 is 0 Å². The molecule has 1 aliphatic rings. The van der Waals surface area contributed by atoms with Gasteiger partial charge in [-0.05, 0) is 18.1 Å². The van der Waals surface area contributed by atoms with Crippen molar-refractivity contribution >= 4 is 12.4 Å². The zero-order chi connectivity index (χ0) is 7.68. The maximum absolute atomic E-state index is 5.72. The van der Waals surface area contributed by atoms with E-state index in [1.54, 1.807) is 0 Å². The molecule has 0 aliphatic carbocycles. The molecule has 2 nitrogen and oxygen atoms in total. The van der Waals surface area contributed by atoms with Gasteiger partial charge in [-0.2, -0.15) is 0 Å². The molecule has 0 unspecified atom stereocenters. The average molecular weight is 186 g/mol. The first kappa shape index (κ1) is 9.36. The minimum atomic E-state index is 0. The number of ether oxygens (including phenoxy) is 1. The molecule has 0 bridgehead atoms. The number of benzene rings is 1. The fourth-order valence-corrected chi connectivity index (χ4v) is 1.35. The molecular formula is C9H12ClNO. The normalized spacial score (nSPS) is 20.2. The van der Waals surface area contributed by atoms with Crippen LogP contribution >= 0.6 is 12.4 Å². The van der Waals surface area contributed by atoms with E-state index in [1.165, 1.54) is 5.56 Å². The van der Waals surface area contributed by atoms with Crippen LogP contribution in [0.15, 0.2) is 24.3 Å². The maximum Gasteiger partial charge on any atom is 0.122 e. The quantitative estimate of drug-likeness (QED) is 0.663. The van der Waals surface area contributed by atoms with Crippen LogP contribution in [0.4, 0.5) is 0 Å². The van der Waals surface area contributed by atoms with E-state index < -0.39 is 0 Å². The van der Waals surface area contributed by atoms with Crippen molar-refractivity contribution in [1.29, 1.82) is 0 Å². The highest BCUT2D eigenvalue weighted by molar-refractivity contribution is 5.85. The van der Waals surface area contributed by atoms with E-state index >= 15 is 0 Å². The van der Waals surface area contributed by atoms with Crippen LogP contribution in [-0.4, -0.2) is 12.6 Å². The van der Waals surface area contributed by atoms with Crippen LogP contribution in [0.25, 0.3) is 0 Å². The highest BCUT2D eigenvalue weighted by Crippen LogP contribution is 2.22. The molecule has 66 valence electrons. The Bertz CT molecular complexity index is 264. The van der Waals surface area contributed by atoms with Gasteiger partial charge in [0.2, 0.25) is 0 Å². The third kappa shape index (κ3) is 1.71. The highest BCUT2D eigenvalue weighted by Gasteiger charge is 2.14. The third-order valence-electron chi connectivity index (χ3n) is 1.91. The van der Waals surface area contributed by atoms with Gasteiger partial charge in [0, 0.05) is 6.04 Å². The van der Waals surface area contributed by atoms with Gasteiger partial charge < -0.3 is 10.5 Å². The summed E-state index contributed by atoms with van der Waals surface area (Å²) in [5, 5.41) is 0. The van der Waals surface area contributed by atoms with Crippen LogP contribution in [0.2, 0.25) is 0 Å². The summed E-state index contributed by atoms with van der Waals surface area (Å²) in [7, 11) is 0. The number of rotatable bonds is 0. The number of hydrogen-bond donors (Lipinski definition) is 1. The second kappa shape index (κ2) is 3.78. The monoisotopic (exact) mass is 185 g/mol. The summed E-state index contributed by atoms with van der Waals surface area (Å²) in [6, 6.07) is 8.22. The molecule has 12 heavy (non-hydrogen) atoms. The molecule has 0 spiro atoms. The Labute approximate surface area is 78.1 Å². The van der Waals surface area contributed by atoms with E-state index in [9.17, 15) is 0 Å². The Hall–Kier alpha value is -0.730. The zero-order valence-electron chi connectivity index (χ0n) is 6.69. The minimum absolute atomic E-state index is 0. The summed E-state index contributed by atoms with van der Waals surface area (Å²) >= 11 is 0. The molecular weight excluding hydrogens is 174 g/mol. The second-order valence-electron chi connectivity index (χ2n) is 2.88. The van der Waals surface area contributed by atoms with Crippen molar-refractivity contribution in [3.63, 3.8) is 0 Å². The van der Waals surface area contributed by atoms with Gasteiger partial charge in [-0.3, -0.25) is 0 Å². The second-order valence-corrected chi connectivity index (χ2v) is 2.88. The Kier molecular flexibility index (Phi) is 2.95. The molecule has 1 atom stereocenters. The smallest absolute Gasteiger partial charge is 0.122 e. The van der Waals surface area contributed by atoms with Gasteiger partial charge in [-0.15, -0.1) is 12.4 Å². The molecule has 0 radical (unpaired) electrons. The maximum atomic E-state index is 5.72. The summed E-state index contributed by atoms with van der Waals surface area (Å²) in [6.07, 6.45) is 0.941. The van der Waals surface area contributed by atoms with E-state index in [0.717, 1.165) is 12.2 Å². The average Bonchev–Trinajstić information content (AvgIpc) is 2.04. The lowest BCUT2D eigenvalue weighted by molar-refractivity contribution is 0.263. The number of hydrogen-bond acceptors (Lipinski definition) is 2. The molecule has 2 N–H and O–H groups in total. The fourth-order valence-electron chi connectivity index (χ4n) is 1.35. The van der Waals surface area contributed by atoms with Crippen LogP contribution < -0.4 is 10.5 Å². The van der Waals surface area contributed by atoms with Crippen LogP contribution in [0.3, 0.4) is 0 Å². The molecule has 1 aliphatic heterocycles. The first-order valence-corrected chi connectivity index (χ1v) is 3.82. The van der Waals surface area contributed by atoms with Gasteiger partial charge in [-0.1, -0.05) is 18.2 Å². The summed E-state index contributed by atoms with van der Waals surface area (Å²) < 4.78 is 5.41. The molecule has 1 aromatic carbocycles. The lowest BCUT2D eigenvalue weighted by atomic mass is 10.0. The van der Waals surface area contributed by atoms with E-state index in [2.05, 4.69) is 6.07 Å². The van der Waals surface area contributed by atoms with Crippen LogP contribution in [0.1, 0.15) is 5.56 Å². The molecule has 0 fully saturated rings. The molecule has 0 saturated heterocycles. The zero-order valence-corrected chi connectivity index (χ0v) is 7.51. The Morgan fingerprint density at radius 3 is 2.92 bits per heavy atom. The van der Waals surface area contributed by atoms with Crippen molar-refractivity contribution < 1.29 is 4.74 Å². The fraction of sp³-hybridized carbons (Fsp3) is 0.333. The van der Waals surface area contributed by atoms with E-state index in [-0.39, 0.29) is 18.4 Å². The Balaban J connectivity index is 0.000000720. The molecule has 0 aromatic heterocycles. The predicted molar refractivity (Wildman–Crippen MR) is 50.9 cm³/mol. The van der Waals surface area contributed by atoms with Crippen molar-refractivity contribution in [3.05, 3.63) is 29.8 Å². The van der Waals surface area contributed by atoms with Gasteiger partial charge in [0.25, 0.3) is 0 Å². The van der Waals surface area contributed by atoms with E-state index in [4.69, 9.17) is 10.5 Å². The Morgan fingerprint density at radius 1 is 1.33 bits per heavy atom. The van der Waals surface area contributed by atoms with Gasteiger partial charge in [-0.25, -0.2) is 0 Å². The van der Waals surface area contributed by atoms with E-state index in [0.29, 0.717) is 6.61 Å². The van der Waals surface area contributed by atoms with Crippen molar-refractivity contribution in [2.24, 2.45) is 5.73 Å². The molecule has 0 amide bonds. The SMILES string of the molecule is Cl.N[C@H]1COc2ccccc2C1. The number of para-hydroxylation sites is 1. The number of fused-ring (bicyclic) bond motifs is 1. The minimum Gasteiger partial charge on any atom is -0.492 e. The lowest BCUT2D eigenvalue weighted by Gasteiger charge is -2.21. The topological polar surface area (TPSA) is 35.2 Å². The van der Waals surface area contributed by atoms with Crippen molar-refractivity contribution in [1.82, 2.24) is 0 Å². The summed E-state index contributed by atoms with van der Waals surface area (Å²) in [6.45, 7) is 0.650. The van der Waals surface area contributed by atoms with E-state index in [1.807, 2.05) is 18.2 Å². The van der Waals surface area contributed by atoms with Crippen molar-refractivity contribution in [3.8, 4) is 5.75 Å². The number of nitrogens with two attached hydrogens (primary N) is 1. The molecule has 0 saturated carbocycles. The van der Waals surface area contributed by atoms with Crippen LogP contribution in [0, 0.1) is 0 Å². The largest absolute Gasteiger partial charge is 0.492 e. The van der Waals surface area contributed by atoms with Crippen molar-refractivity contribution in [2.75, 3.05) is 6.61 Å². The van der Waals surface area contributed by atoms with Gasteiger partial charge in [0.1, 0.15) is 12.4 Å². The summed E-state index contributed by atoms with van der Waals surface area (Å²) in [5.41, 5.74) is 6.95. The third-order valence-corrected chi connectivity index (χ3v) is 1.91. The highest BCUT2D eigenvalue weighted by atomic mass is 35.5. The number of halogens is 1. The predicted octanol–water partition coefficient (Wildman–Crippen LogP) is 1.37. The molecule has 2 rings (SSSR count). The van der Waals surface area contributed by atoms with Gasteiger partial charge in [0.05, 0.1) is 0 Å². The standard InChI is InChI=1S/C9H11NO.ClH/c10-8-5-7-3-1-2-4-9(7)11-6-8;/h1-4,8H,5-6,10H2;1H/t8-;/m1./s1. The first-order chi connectivity index (χ1) is 5.36. The molecule has 1 heterocycles. The lowest BCUT2D eigenvalue weighted by Crippen LogP contribution is -2.33.